The van der Waals surface area contributed by atoms with Gasteiger partial charge in [-0.25, -0.2) is 4.99 Å². The molecule has 0 spiro atoms. The third-order valence-corrected chi connectivity index (χ3v) is 6.80. The minimum atomic E-state index is -1.23. The van der Waals surface area contributed by atoms with Crippen molar-refractivity contribution in [3.05, 3.63) is 84.2 Å². The maximum Gasteiger partial charge on any atom is 0.266 e. The van der Waals surface area contributed by atoms with Gasteiger partial charge in [-0.1, -0.05) is 49.6 Å². The lowest BCUT2D eigenvalue weighted by Crippen LogP contribution is -2.49. The number of carbonyl (C=O) groups is 1. The molecule has 2 heterocycles. The van der Waals surface area contributed by atoms with Crippen LogP contribution in [0.4, 0.5) is 0 Å². The summed E-state index contributed by atoms with van der Waals surface area (Å²) in [6.07, 6.45) is 8.86. The molecule has 1 aromatic heterocycles. The molecule has 6 nitrogen and oxygen atoms in total. The molecule has 1 amide bonds. The van der Waals surface area contributed by atoms with Crippen LogP contribution >= 0.6 is 0 Å². The summed E-state index contributed by atoms with van der Waals surface area (Å²) < 4.78 is 5.35. The van der Waals surface area contributed by atoms with E-state index < -0.39 is 5.54 Å². The molecule has 1 aliphatic heterocycles. The lowest BCUT2D eigenvalue weighted by Gasteiger charge is -2.33. The van der Waals surface area contributed by atoms with Gasteiger partial charge < -0.3 is 10.5 Å². The molecule has 1 aliphatic carbocycles. The number of methoxy groups -OCH3 is 1. The molecule has 2 N–H and O–H groups in total. The Kier molecular flexibility index (Phi) is 5.58. The summed E-state index contributed by atoms with van der Waals surface area (Å²) in [6.45, 7) is 0. The Morgan fingerprint density at radius 3 is 2.36 bits per heavy atom. The third kappa shape index (κ3) is 3.65. The van der Waals surface area contributed by atoms with Gasteiger partial charge in [0, 0.05) is 18.4 Å². The van der Waals surface area contributed by atoms with Gasteiger partial charge in [0.25, 0.3) is 5.91 Å². The molecule has 5 rings (SSSR count). The first-order valence-corrected chi connectivity index (χ1v) is 11.5. The Bertz CT molecular complexity index is 1170. The summed E-state index contributed by atoms with van der Waals surface area (Å²) in [5, 5.41) is 0. The number of ether oxygens (including phenoxy) is 1. The lowest BCUT2D eigenvalue weighted by molar-refractivity contribution is -0.132. The minimum absolute atomic E-state index is 0.0797. The molecular formula is C27H28N4O2. The highest BCUT2D eigenvalue weighted by molar-refractivity contribution is 6.09. The number of aliphatic imine (C=N–C) groups is 1. The van der Waals surface area contributed by atoms with Crippen LogP contribution in [-0.4, -0.2) is 34.9 Å². The van der Waals surface area contributed by atoms with Crippen LogP contribution in [0.1, 0.15) is 43.2 Å². The SMILES string of the molecule is COc1ccc(C2(c3cccc(-c4ccncc4)c3)N=C(N)N(C3CCCCC3)C2=O)cc1. The maximum absolute atomic E-state index is 14.2. The van der Waals surface area contributed by atoms with Gasteiger partial charge in [0.2, 0.25) is 0 Å². The first kappa shape index (κ1) is 21.2. The van der Waals surface area contributed by atoms with Crippen LogP contribution in [0.15, 0.2) is 78.0 Å². The third-order valence-electron chi connectivity index (χ3n) is 6.80. The number of hydrogen-bond donors (Lipinski definition) is 1. The number of carbonyl (C=O) groups excluding carboxylic acids is 1. The number of amides is 1. The van der Waals surface area contributed by atoms with Gasteiger partial charge in [-0.3, -0.25) is 14.7 Å². The Labute approximate surface area is 194 Å². The van der Waals surface area contributed by atoms with Gasteiger partial charge in [0.1, 0.15) is 5.75 Å². The molecular weight excluding hydrogens is 412 g/mol. The molecule has 2 aromatic carbocycles. The summed E-state index contributed by atoms with van der Waals surface area (Å²) in [5.74, 6) is 0.951. The number of nitrogens with zero attached hydrogens (tertiary/aromatic N) is 3. The zero-order valence-corrected chi connectivity index (χ0v) is 18.8. The van der Waals surface area contributed by atoms with E-state index in [4.69, 9.17) is 15.5 Å². The van der Waals surface area contributed by atoms with Crippen molar-refractivity contribution in [1.29, 1.82) is 0 Å². The highest BCUT2D eigenvalue weighted by Crippen LogP contribution is 2.43. The van der Waals surface area contributed by atoms with E-state index >= 15 is 0 Å². The van der Waals surface area contributed by atoms with E-state index in [1.54, 1.807) is 24.4 Å². The van der Waals surface area contributed by atoms with Crippen LogP contribution < -0.4 is 10.5 Å². The summed E-state index contributed by atoms with van der Waals surface area (Å²) in [4.78, 5) is 25.0. The highest BCUT2D eigenvalue weighted by atomic mass is 16.5. The summed E-state index contributed by atoms with van der Waals surface area (Å²) in [5.41, 5.74) is 8.86. The van der Waals surface area contributed by atoms with Crippen molar-refractivity contribution in [3.63, 3.8) is 0 Å². The molecule has 3 aromatic rings. The molecule has 0 saturated heterocycles. The number of guanidine groups is 1. The zero-order chi connectivity index (χ0) is 22.8. The quantitative estimate of drug-likeness (QED) is 0.634. The standard InChI is InChI=1S/C27H28N4O2/c1-33-24-12-10-21(11-13-24)27(22-7-5-6-20(18-22)19-14-16-29-17-15-19)25(32)31(26(28)30-27)23-8-3-2-4-9-23/h5-7,10-18,23H,2-4,8-9H2,1H3,(H2,28,30). The zero-order valence-electron chi connectivity index (χ0n) is 18.8. The average molecular weight is 441 g/mol. The molecule has 6 heteroatoms. The van der Waals surface area contributed by atoms with Gasteiger partial charge in [0.15, 0.2) is 11.5 Å². The predicted molar refractivity (Wildman–Crippen MR) is 129 cm³/mol. The van der Waals surface area contributed by atoms with E-state index in [0.717, 1.165) is 53.7 Å². The smallest absolute Gasteiger partial charge is 0.266 e. The summed E-state index contributed by atoms with van der Waals surface area (Å²) in [6, 6.07) is 19.6. The molecule has 0 radical (unpaired) electrons. The maximum atomic E-state index is 14.2. The second kappa shape index (κ2) is 8.70. The van der Waals surface area contributed by atoms with Gasteiger partial charge in [-0.2, -0.15) is 0 Å². The average Bonchev–Trinajstić information content (AvgIpc) is 3.16. The normalized spacial score (nSPS) is 21.2. The fraction of sp³-hybridized carbons (Fsp3) is 0.296. The van der Waals surface area contributed by atoms with Gasteiger partial charge in [0.05, 0.1) is 7.11 Å². The second-order valence-electron chi connectivity index (χ2n) is 8.69. The molecule has 168 valence electrons. The van der Waals surface area contributed by atoms with E-state index in [1.807, 2.05) is 60.7 Å². The molecule has 1 fully saturated rings. The van der Waals surface area contributed by atoms with E-state index in [-0.39, 0.29) is 11.9 Å². The fourth-order valence-electron chi connectivity index (χ4n) is 5.09. The van der Waals surface area contributed by atoms with Crippen LogP contribution in [-0.2, 0) is 10.3 Å². The van der Waals surface area contributed by atoms with Gasteiger partial charge in [-0.05, 0) is 65.4 Å². The Hall–Kier alpha value is -3.67. The minimum Gasteiger partial charge on any atom is -0.497 e. The predicted octanol–water partition coefficient (Wildman–Crippen LogP) is 4.49. The Morgan fingerprint density at radius 1 is 0.939 bits per heavy atom. The molecule has 0 bridgehead atoms. The monoisotopic (exact) mass is 440 g/mol. The number of hydrogen-bond acceptors (Lipinski definition) is 5. The van der Waals surface area contributed by atoms with Crippen LogP contribution in [0.2, 0.25) is 0 Å². The van der Waals surface area contributed by atoms with E-state index in [9.17, 15) is 4.79 Å². The first-order chi connectivity index (χ1) is 16.1. The number of nitrogens with two attached hydrogens (primary N) is 1. The first-order valence-electron chi connectivity index (χ1n) is 11.5. The van der Waals surface area contributed by atoms with Crippen molar-refractivity contribution in [2.24, 2.45) is 10.7 Å². The van der Waals surface area contributed by atoms with Gasteiger partial charge in [-0.15, -0.1) is 0 Å². The van der Waals surface area contributed by atoms with Crippen LogP contribution in [0.5, 0.6) is 5.75 Å². The summed E-state index contributed by atoms with van der Waals surface area (Å²) in [7, 11) is 1.63. The van der Waals surface area contributed by atoms with Crippen molar-refractivity contribution >= 4 is 11.9 Å². The largest absolute Gasteiger partial charge is 0.497 e. The number of aromatic nitrogens is 1. The van der Waals surface area contributed by atoms with E-state index in [0.29, 0.717) is 5.96 Å². The lowest BCUT2D eigenvalue weighted by atomic mass is 9.81. The van der Waals surface area contributed by atoms with E-state index in [1.165, 1.54) is 6.42 Å². The molecule has 1 atom stereocenters. The number of rotatable bonds is 5. The van der Waals surface area contributed by atoms with Crippen molar-refractivity contribution in [1.82, 2.24) is 9.88 Å². The Balaban J connectivity index is 1.65. The molecule has 2 aliphatic rings. The molecule has 33 heavy (non-hydrogen) atoms. The molecule has 1 unspecified atom stereocenters. The van der Waals surface area contributed by atoms with Crippen LogP contribution in [0.3, 0.4) is 0 Å². The van der Waals surface area contributed by atoms with Crippen molar-refractivity contribution in [2.75, 3.05) is 7.11 Å². The second-order valence-corrected chi connectivity index (χ2v) is 8.69. The topological polar surface area (TPSA) is 80.8 Å². The Morgan fingerprint density at radius 2 is 1.67 bits per heavy atom. The van der Waals surface area contributed by atoms with Gasteiger partial charge >= 0.3 is 0 Å². The van der Waals surface area contributed by atoms with Crippen molar-refractivity contribution in [3.8, 4) is 16.9 Å². The van der Waals surface area contributed by atoms with Crippen molar-refractivity contribution in [2.45, 2.75) is 43.7 Å². The number of benzene rings is 2. The van der Waals surface area contributed by atoms with Crippen LogP contribution in [0.25, 0.3) is 11.1 Å². The number of pyridine rings is 1. The van der Waals surface area contributed by atoms with Crippen molar-refractivity contribution < 1.29 is 9.53 Å². The fourth-order valence-corrected chi connectivity index (χ4v) is 5.09. The molecule has 1 saturated carbocycles. The van der Waals surface area contributed by atoms with E-state index in [2.05, 4.69) is 4.98 Å². The highest BCUT2D eigenvalue weighted by Gasteiger charge is 2.52. The summed E-state index contributed by atoms with van der Waals surface area (Å²) >= 11 is 0. The van der Waals surface area contributed by atoms with Crippen LogP contribution in [0, 0.1) is 0 Å².